The number of imidazole rings is 2. The standard InChI is InChI=1S/C31H33ClFN7O9S/c1-5-45-25(42)30(26(43)46-6-2,13-16-7-9-17(10-8-16)23(41)44-4)48-20-19-31(20,49-28(50)39-12-11-35-14-39)29(3,33)24(47-19)40-15-36-18-21(34)37-27(32)38-22(18)40/h7-12,14-15,19-20,24,28,50H,5-6,13H2,1-4H3,(H2,34,37,38)/t19-,20?,24-,28?,29+,31+/m1/s1. The molecule has 0 radical (unpaired) electrons. The first kappa shape index (κ1) is 35.5. The first-order chi connectivity index (χ1) is 23.8. The predicted molar refractivity (Wildman–Crippen MR) is 175 cm³/mol. The lowest BCUT2D eigenvalue weighted by atomic mass is 9.92. The number of carbonyl (C=O) groups is 3. The fourth-order valence-corrected chi connectivity index (χ4v) is 6.66. The summed E-state index contributed by atoms with van der Waals surface area (Å²) >= 11 is 10.6. The Hall–Kier alpha value is -4.36. The molecule has 1 aliphatic carbocycles. The Morgan fingerprint density at radius 2 is 1.82 bits per heavy atom. The zero-order valence-electron chi connectivity index (χ0n) is 27.2. The van der Waals surface area contributed by atoms with Crippen LogP contribution in [0.25, 0.3) is 11.2 Å². The van der Waals surface area contributed by atoms with E-state index in [0.717, 1.165) is 0 Å². The molecule has 1 aromatic carbocycles. The third-order valence-corrected chi connectivity index (χ3v) is 9.18. The quantitative estimate of drug-likeness (QED) is 0.0508. The van der Waals surface area contributed by atoms with Crippen LogP contribution in [-0.4, -0.2) is 96.4 Å². The van der Waals surface area contributed by atoms with Gasteiger partial charge in [-0.3, -0.25) is 4.57 Å². The number of thiol groups is 1. The van der Waals surface area contributed by atoms with Crippen molar-refractivity contribution >= 4 is 59.1 Å². The molecule has 2 fully saturated rings. The van der Waals surface area contributed by atoms with Gasteiger partial charge in [-0.05, 0) is 50.1 Å². The van der Waals surface area contributed by atoms with Crippen LogP contribution in [0.4, 0.5) is 10.2 Å². The van der Waals surface area contributed by atoms with E-state index in [2.05, 4.69) is 32.6 Å². The average Bonchev–Trinajstić information content (AvgIpc) is 3.52. The summed E-state index contributed by atoms with van der Waals surface area (Å²) in [7, 11) is 1.24. The molecule has 266 valence electrons. The van der Waals surface area contributed by atoms with Gasteiger partial charge < -0.3 is 38.7 Å². The molecule has 16 nitrogen and oxygen atoms in total. The summed E-state index contributed by atoms with van der Waals surface area (Å²) < 4.78 is 55.0. The van der Waals surface area contributed by atoms with Gasteiger partial charge in [-0.2, -0.15) is 9.97 Å². The third-order valence-electron chi connectivity index (χ3n) is 8.64. The molecular formula is C31H33ClFN7O9S. The van der Waals surface area contributed by atoms with Crippen molar-refractivity contribution in [2.24, 2.45) is 0 Å². The van der Waals surface area contributed by atoms with Crippen LogP contribution >= 0.6 is 24.2 Å². The van der Waals surface area contributed by atoms with E-state index in [0.29, 0.717) is 5.56 Å². The Bertz CT molecular complexity index is 1890. The highest BCUT2D eigenvalue weighted by Crippen LogP contribution is 2.67. The molecule has 0 amide bonds. The molecule has 3 aromatic heterocycles. The third kappa shape index (κ3) is 5.73. The molecule has 1 aliphatic heterocycles. The zero-order valence-corrected chi connectivity index (χ0v) is 28.8. The number of esters is 3. The zero-order chi connectivity index (χ0) is 36.0. The van der Waals surface area contributed by atoms with E-state index in [-0.39, 0.29) is 41.0 Å². The van der Waals surface area contributed by atoms with Crippen LogP contribution in [0.15, 0.2) is 49.3 Å². The molecule has 6 rings (SSSR count). The Morgan fingerprint density at radius 1 is 1.14 bits per heavy atom. The number of aromatic nitrogens is 6. The van der Waals surface area contributed by atoms with Gasteiger partial charge in [0, 0.05) is 18.8 Å². The molecule has 1 saturated heterocycles. The van der Waals surface area contributed by atoms with E-state index >= 15 is 4.39 Å². The van der Waals surface area contributed by atoms with Crippen LogP contribution in [0.5, 0.6) is 0 Å². The highest BCUT2D eigenvalue weighted by Gasteiger charge is 2.87. The Balaban J connectivity index is 1.43. The molecule has 0 bridgehead atoms. The summed E-state index contributed by atoms with van der Waals surface area (Å²) in [4.78, 5) is 56.1. The van der Waals surface area contributed by atoms with Gasteiger partial charge in [0.05, 0.1) is 38.5 Å². The number of hydrogen-bond donors (Lipinski definition) is 2. The van der Waals surface area contributed by atoms with Crippen molar-refractivity contribution in [1.82, 2.24) is 29.1 Å². The van der Waals surface area contributed by atoms with Gasteiger partial charge in [-0.15, -0.1) is 12.6 Å². The Labute approximate surface area is 294 Å². The van der Waals surface area contributed by atoms with Crippen LogP contribution in [0.3, 0.4) is 0 Å². The van der Waals surface area contributed by atoms with E-state index in [1.54, 1.807) is 20.0 Å². The maximum absolute atomic E-state index is 17.7. The second-order valence-electron chi connectivity index (χ2n) is 11.6. The predicted octanol–water partition coefficient (Wildman–Crippen LogP) is 3.02. The second-order valence-corrected chi connectivity index (χ2v) is 12.4. The number of anilines is 1. The van der Waals surface area contributed by atoms with Gasteiger partial charge in [0.25, 0.3) is 5.60 Å². The number of nitrogen functional groups attached to an aromatic ring is 1. The van der Waals surface area contributed by atoms with Crippen molar-refractivity contribution in [3.8, 4) is 0 Å². The minimum absolute atomic E-state index is 0.0292. The molecule has 4 heterocycles. The molecule has 6 atom stereocenters. The van der Waals surface area contributed by atoms with Gasteiger partial charge in [-0.1, -0.05) is 12.1 Å². The normalized spacial score (nSPS) is 24.8. The highest BCUT2D eigenvalue weighted by molar-refractivity contribution is 7.80. The summed E-state index contributed by atoms with van der Waals surface area (Å²) in [5.41, 5.74) is -1.27. The van der Waals surface area contributed by atoms with Gasteiger partial charge in [0.2, 0.25) is 5.28 Å². The molecule has 19 heteroatoms. The number of methoxy groups -OCH3 is 1. The van der Waals surface area contributed by atoms with Crippen molar-refractivity contribution < 1.29 is 47.2 Å². The van der Waals surface area contributed by atoms with Crippen molar-refractivity contribution in [2.75, 3.05) is 26.1 Å². The lowest BCUT2D eigenvalue weighted by Gasteiger charge is -2.37. The van der Waals surface area contributed by atoms with Crippen molar-refractivity contribution in [2.45, 2.75) is 68.1 Å². The maximum Gasteiger partial charge on any atom is 0.350 e. The molecule has 50 heavy (non-hydrogen) atoms. The molecule has 1 saturated carbocycles. The first-order valence-corrected chi connectivity index (χ1v) is 16.3. The number of alkyl halides is 1. The lowest BCUT2D eigenvalue weighted by Crippen LogP contribution is -2.56. The summed E-state index contributed by atoms with van der Waals surface area (Å²) in [5.74, 6) is -2.80. The molecule has 0 spiro atoms. The lowest BCUT2D eigenvalue weighted by molar-refractivity contribution is -0.211. The Morgan fingerprint density at radius 3 is 2.42 bits per heavy atom. The average molecular weight is 734 g/mol. The van der Waals surface area contributed by atoms with Crippen LogP contribution in [-0.2, 0) is 44.4 Å². The van der Waals surface area contributed by atoms with E-state index in [1.807, 2.05) is 0 Å². The highest BCUT2D eigenvalue weighted by atomic mass is 35.5. The molecule has 2 unspecified atom stereocenters. The Kier molecular flexibility index (Phi) is 9.51. The number of rotatable bonds is 13. The molecule has 4 aromatic rings. The van der Waals surface area contributed by atoms with Gasteiger partial charge in [-0.25, -0.2) is 28.7 Å². The topological polar surface area (TPSA) is 194 Å². The van der Waals surface area contributed by atoms with Crippen LogP contribution in [0.1, 0.15) is 48.5 Å². The first-order valence-electron chi connectivity index (χ1n) is 15.4. The number of nitrogens with two attached hydrogens (primary N) is 1. The summed E-state index contributed by atoms with van der Waals surface area (Å²) in [6, 6.07) is 5.94. The number of carbonyl (C=O) groups excluding carboxylic acids is 3. The smallest absolute Gasteiger partial charge is 0.350 e. The van der Waals surface area contributed by atoms with Crippen LogP contribution in [0, 0.1) is 0 Å². The maximum atomic E-state index is 17.7. The largest absolute Gasteiger partial charge is 0.465 e. The van der Waals surface area contributed by atoms with Crippen molar-refractivity contribution in [3.05, 3.63) is 65.7 Å². The minimum Gasteiger partial charge on any atom is -0.465 e. The summed E-state index contributed by atoms with van der Waals surface area (Å²) in [6.07, 6.45) is 1.20. The van der Waals surface area contributed by atoms with Crippen LogP contribution in [0.2, 0.25) is 5.28 Å². The number of fused-ring (bicyclic) bond motifs is 2. The van der Waals surface area contributed by atoms with E-state index < -0.39 is 65.2 Å². The number of ether oxygens (including phenoxy) is 6. The monoisotopic (exact) mass is 733 g/mol. The number of hydrogen-bond acceptors (Lipinski definition) is 15. The number of halogens is 2. The minimum atomic E-state index is -2.50. The molecular weight excluding hydrogens is 701 g/mol. The summed E-state index contributed by atoms with van der Waals surface area (Å²) in [5, 5.41) is -0.198. The fraction of sp³-hybridized carbons (Fsp3) is 0.452. The van der Waals surface area contributed by atoms with Gasteiger partial charge in [0.15, 0.2) is 34.5 Å². The summed E-state index contributed by atoms with van der Waals surface area (Å²) in [6.45, 7) is 4.07. The van der Waals surface area contributed by atoms with Gasteiger partial charge in [0.1, 0.15) is 17.7 Å². The fourth-order valence-electron chi connectivity index (χ4n) is 6.18. The number of benzene rings is 1. The molecule has 2 aliphatic rings. The van der Waals surface area contributed by atoms with Gasteiger partial charge >= 0.3 is 17.9 Å². The van der Waals surface area contributed by atoms with Crippen molar-refractivity contribution in [3.63, 3.8) is 0 Å². The second kappa shape index (κ2) is 13.4. The van der Waals surface area contributed by atoms with Crippen LogP contribution < -0.4 is 5.73 Å². The molecule has 2 N–H and O–H groups in total. The van der Waals surface area contributed by atoms with E-state index in [9.17, 15) is 14.4 Å². The van der Waals surface area contributed by atoms with E-state index in [4.69, 9.17) is 45.8 Å². The van der Waals surface area contributed by atoms with E-state index in [1.165, 1.54) is 66.3 Å². The SMILES string of the molecule is CCOC(=O)C(Cc1ccc(C(=O)OC)cc1)(OC1[C@H]2O[C@@H](n3cnc4c(N)nc(Cl)nc43)[C@](C)(F)[C@@]12OC(S)n1ccnc1)C(=O)OCC. The van der Waals surface area contributed by atoms with Crippen molar-refractivity contribution in [1.29, 1.82) is 0 Å². The number of nitrogens with zero attached hydrogens (tertiary/aromatic N) is 6.